The monoisotopic (exact) mass is 248 g/mol. The maximum Gasteiger partial charge on any atom is 0.156 e. The van der Waals surface area contributed by atoms with Crippen molar-refractivity contribution in [3.8, 4) is 5.75 Å². The SMILES string of the molecule is CN(C)CCOc1c(Cl)cc(N)cc1Cl. The van der Waals surface area contributed by atoms with Crippen LogP contribution in [0.3, 0.4) is 0 Å². The maximum atomic E-state index is 5.95. The first-order valence-electron chi connectivity index (χ1n) is 4.52. The zero-order valence-electron chi connectivity index (χ0n) is 8.76. The summed E-state index contributed by atoms with van der Waals surface area (Å²) in [6, 6.07) is 3.25. The van der Waals surface area contributed by atoms with Gasteiger partial charge in [-0.15, -0.1) is 0 Å². The molecule has 0 aromatic heterocycles. The van der Waals surface area contributed by atoms with Gasteiger partial charge in [-0.05, 0) is 26.2 Å². The number of hydrogen-bond acceptors (Lipinski definition) is 3. The smallest absolute Gasteiger partial charge is 0.156 e. The standard InChI is InChI=1S/C10H14Cl2N2O/c1-14(2)3-4-15-10-8(11)5-7(13)6-9(10)12/h5-6H,3-4,13H2,1-2H3. The molecule has 0 bridgehead atoms. The highest BCUT2D eigenvalue weighted by Crippen LogP contribution is 2.34. The van der Waals surface area contributed by atoms with E-state index in [0.29, 0.717) is 28.1 Å². The average Bonchev–Trinajstić information content (AvgIpc) is 2.08. The molecule has 2 N–H and O–H groups in total. The average molecular weight is 249 g/mol. The Hall–Kier alpha value is -0.640. The van der Waals surface area contributed by atoms with Crippen molar-refractivity contribution in [1.82, 2.24) is 4.90 Å². The van der Waals surface area contributed by atoms with Crippen LogP contribution in [0.15, 0.2) is 12.1 Å². The van der Waals surface area contributed by atoms with Gasteiger partial charge in [0.25, 0.3) is 0 Å². The van der Waals surface area contributed by atoms with E-state index in [1.165, 1.54) is 0 Å². The van der Waals surface area contributed by atoms with Crippen molar-refractivity contribution in [1.29, 1.82) is 0 Å². The van der Waals surface area contributed by atoms with Crippen molar-refractivity contribution in [2.24, 2.45) is 0 Å². The van der Waals surface area contributed by atoms with E-state index in [1.54, 1.807) is 12.1 Å². The molecule has 84 valence electrons. The Kier molecular flexibility index (Phi) is 4.51. The lowest BCUT2D eigenvalue weighted by Crippen LogP contribution is -2.19. The minimum Gasteiger partial charge on any atom is -0.489 e. The van der Waals surface area contributed by atoms with Crippen LogP contribution in [0.4, 0.5) is 5.69 Å². The lowest BCUT2D eigenvalue weighted by Gasteiger charge is -2.13. The molecule has 5 heteroatoms. The summed E-state index contributed by atoms with van der Waals surface area (Å²) in [6.45, 7) is 1.34. The molecule has 0 spiro atoms. The van der Waals surface area contributed by atoms with E-state index in [2.05, 4.69) is 0 Å². The van der Waals surface area contributed by atoms with Crippen LogP contribution in [0.5, 0.6) is 5.75 Å². The summed E-state index contributed by atoms with van der Waals surface area (Å²) in [5, 5.41) is 0.887. The third-order valence-corrected chi connectivity index (χ3v) is 2.37. The van der Waals surface area contributed by atoms with Gasteiger partial charge in [-0.3, -0.25) is 0 Å². The summed E-state index contributed by atoms with van der Waals surface area (Å²) in [7, 11) is 3.94. The normalized spacial score (nSPS) is 10.7. The van der Waals surface area contributed by atoms with E-state index in [4.69, 9.17) is 33.7 Å². The maximum absolute atomic E-state index is 5.95. The lowest BCUT2D eigenvalue weighted by molar-refractivity contribution is 0.261. The molecule has 0 saturated carbocycles. The number of ether oxygens (including phenoxy) is 1. The summed E-state index contributed by atoms with van der Waals surface area (Å²) < 4.78 is 5.47. The lowest BCUT2D eigenvalue weighted by atomic mass is 10.3. The van der Waals surface area contributed by atoms with Crippen molar-refractivity contribution < 1.29 is 4.74 Å². The summed E-state index contributed by atoms with van der Waals surface area (Å²) in [6.07, 6.45) is 0. The fourth-order valence-corrected chi connectivity index (χ4v) is 1.66. The third kappa shape index (κ3) is 3.78. The summed E-state index contributed by atoms with van der Waals surface area (Å²) in [5.74, 6) is 0.495. The van der Waals surface area contributed by atoms with Crippen molar-refractivity contribution in [3.63, 3.8) is 0 Å². The van der Waals surface area contributed by atoms with Gasteiger partial charge in [0.15, 0.2) is 5.75 Å². The molecular weight excluding hydrogens is 235 g/mol. The van der Waals surface area contributed by atoms with Crippen LogP contribution in [-0.2, 0) is 0 Å². The molecule has 0 aliphatic rings. The Morgan fingerprint density at radius 3 is 2.27 bits per heavy atom. The Morgan fingerprint density at radius 2 is 1.80 bits per heavy atom. The topological polar surface area (TPSA) is 38.5 Å². The fraction of sp³-hybridized carbons (Fsp3) is 0.400. The summed E-state index contributed by atoms with van der Waals surface area (Å²) in [5.41, 5.74) is 6.10. The van der Waals surface area contributed by atoms with Gasteiger partial charge >= 0.3 is 0 Å². The van der Waals surface area contributed by atoms with Crippen LogP contribution in [0, 0.1) is 0 Å². The highest BCUT2D eigenvalue weighted by molar-refractivity contribution is 6.37. The van der Waals surface area contributed by atoms with E-state index in [0.717, 1.165) is 6.54 Å². The zero-order valence-corrected chi connectivity index (χ0v) is 10.3. The van der Waals surface area contributed by atoms with Crippen molar-refractivity contribution >= 4 is 28.9 Å². The van der Waals surface area contributed by atoms with E-state index in [9.17, 15) is 0 Å². The van der Waals surface area contributed by atoms with Crippen LogP contribution in [0.2, 0.25) is 10.0 Å². The first-order valence-corrected chi connectivity index (χ1v) is 5.28. The van der Waals surface area contributed by atoms with E-state index in [1.807, 2.05) is 19.0 Å². The van der Waals surface area contributed by atoms with Crippen LogP contribution in [0.25, 0.3) is 0 Å². The van der Waals surface area contributed by atoms with Gasteiger partial charge in [0.1, 0.15) is 6.61 Å². The van der Waals surface area contributed by atoms with Crippen LogP contribution in [-0.4, -0.2) is 32.1 Å². The van der Waals surface area contributed by atoms with Crippen molar-refractivity contribution in [2.45, 2.75) is 0 Å². The summed E-state index contributed by atoms with van der Waals surface area (Å²) in [4.78, 5) is 2.01. The largest absolute Gasteiger partial charge is 0.489 e. The minimum absolute atomic E-state index is 0.443. The first kappa shape index (κ1) is 12.4. The number of halogens is 2. The summed E-state index contributed by atoms with van der Waals surface area (Å²) >= 11 is 11.9. The van der Waals surface area contributed by atoms with Gasteiger partial charge in [-0.1, -0.05) is 23.2 Å². The Labute approximate surface area is 99.7 Å². The van der Waals surface area contributed by atoms with Crippen LogP contribution < -0.4 is 10.5 Å². The quantitative estimate of drug-likeness (QED) is 0.833. The number of nitrogen functional groups attached to an aromatic ring is 1. The molecule has 15 heavy (non-hydrogen) atoms. The molecule has 0 amide bonds. The molecule has 0 fully saturated rings. The molecule has 1 aromatic carbocycles. The predicted octanol–water partition coefficient (Wildman–Crippen LogP) is 2.52. The number of anilines is 1. The zero-order chi connectivity index (χ0) is 11.4. The van der Waals surface area contributed by atoms with Crippen molar-refractivity contribution in [3.05, 3.63) is 22.2 Å². The molecule has 0 atom stereocenters. The Bertz CT molecular complexity index is 319. The van der Waals surface area contributed by atoms with E-state index in [-0.39, 0.29) is 0 Å². The van der Waals surface area contributed by atoms with E-state index < -0.39 is 0 Å². The number of rotatable bonds is 4. The number of nitrogens with zero attached hydrogens (tertiary/aromatic N) is 1. The fourth-order valence-electron chi connectivity index (χ4n) is 1.05. The molecule has 0 saturated heterocycles. The Balaban J connectivity index is 2.68. The highest BCUT2D eigenvalue weighted by Gasteiger charge is 2.08. The molecule has 0 unspecified atom stereocenters. The third-order valence-electron chi connectivity index (χ3n) is 1.81. The van der Waals surface area contributed by atoms with E-state index >= 15 is 0 Å². The van der Waals surface area contributed by atoms with Crippen LogP contribution in [0.1, 0.15) is 0 Å². The second-order valence-corrected chi connectivity index (χ2v) is 4.28. The molecule has 1 rings (SSSR count). The van der Waals surface area contributed by atoms with Crippen molar-refractivity contribution in [2.75, 3.05) is 33.0 Å². The molecule has 1 aromatic rings. The van der Waals surface area contributed by atoms with Crippen LogP contribution >= 0.6 is 23.2 Å². The Morgan fingerprint density at radius 1 is 1.27 bits per heavy atom. The molecule has 0 aliphatic carbocycles. The van der Waals surface area contributed by atoms with Gasteiger partial charge in [0, 0.05) is 12.2 Å². The molecular formula is C10H14Cl2N2O. The minimum atomic E-state index is 0.443. The molecule has 0 aliphatic heterocycles. The number of benzene rings is 1. The number of hydrogen-bond donors (Lipinski definition) is 1. The second kappa shape index (κ2) is 5.45. The number of likely N-dealkylation sites (N-methyl/N-ethyl adjacent to an activating group) is 1. The predicted molar refractivity (Wildman–Crippen MR) is 64.9 cm³/mol. The van der Waals surface area contributed by atoms with Gasteiger partial charge in [-0.25, -0.2) is 0 Å². The molecule has 0 radical (unpaired) electrons. The molecule has 3 nitrogen and oxygen atoms in total. The first-order chi connectivity index (χ1) is 7.00. The highest BCUT2D eigenvalue weighted by atomic mass is 35.5. The van der Waals surface area contributed by atoms with Gasteiger partial charge in [-0.2, -0.15) is 0 Å². The van der Waals surface area contributed by atoms with Gasteiger partial charge < -0.3 is 15.4 Å². The number of nitrogens with two attached hydrogens (primary N) is 1. The van der Waals surface area contributed by atoms with Gasteiger partial charge in [0.2, 0.25) is 0 Å². The second-order valence-electron chi connectivity index (χ2n) is 3.47. The molecule has 0 heterocycles. The van der Waals surface area contributed by atoms with Gasteiger partial charge in [0.05, 0.1) is 10.0 Å².